The van der Waals surface area contributed by atoms with Crippen molar-refractivity contribution in [1.82, 2.24) is 10.2 Å². The first-order valence-corrected chi connectivity index (χ1v) is 9.82. The van der Waals surface area contributed by atoms with E-state index < -0.39 is 0 Å². The van der Waals surface area contributed by atoms with E-state index in [-0.39, 0.29) is 5.91 Å². The number of hydrogen-bond acceptors (Lipinski definition) is 5. The number of nitrogens with zero attached hydrogens (tertiary/aromatic N) is 2. The molecule has 124 valence electrons. The van der Waals surface area contributed by atoms with Crippen LogP contribution in [0.5, 0.6) is 0 Å². The molecule has 1 amide bonds. The van der Waals surface area contributed by atoms with Gasteiger partial charge in [-0.15, -0.1) is 22.0 Å². The van der Waals surface area contributed by atoms with Crippen molar-refractivity contribution < 1.29 is 4.79 Å². The topological polar surface area (TPSA) is 54.9 Å². The van der Waals surface area contributed by atoms with Gasteiger partial charge in [0, 0.05) is 10.8 Å². The number of nitrogens with one attached hydrogen (secondary N) is 1. The number of aromatic nitrogens is 2. The van der Waals surface area contributed by atoms with E-state index in [9.17, 15) is 4.79 Å². The Morgan fingerprint density at radius 1 is 1.26 bits per heavy atom. The lowest BCUT2D eigenvalue weighted by molar-refractivity contribution is 0.102. The second kappa shape index (κ2) is 9.03. The second-order valence-corrected chi connectivity index (χ2v) is 7.58. The maximum atomic E-state index is 12.5. The van der Waals surface area contributed by atoms with Crippen LogP contribution in [0.1, 0.15) is 61.3 Å². The molecule has 0 radical (unpaired) electrons. The molecule has 0 bridgehead atoms. The average Bonchev–Trinajstić information content (AvgIpc) is 3.02. The van der Waals surface area contributed by atoms with Gasteiger partial charge in [0.15, 0.2) is 0 Å². The van der Waals surface area contributed by atoms with Gasteiger partial charge in [-0.25, -0.2) is 0 Å². The van der Waals surface area contributed by atoms with Crippen molar-refractivity contribution in [2.24, 2.45) is 0 Å². The minimum absolute atomic E-state index is 0.116. The maximum Gasteiger partial charge on any atom is 0.258 e. The summed E-state index contributed by atoms with van der Waals surface area (Å²) in [5, 5.41) is 12.7. The Hall–Kier alpha value is -1.40. The summed E-state index contributed by atoms with van der Waals surface area (Å²) < 4.78 is 0. The summed E-state index contributed by atoms with van der Waals surface area (Å²) in [6.45, 7) is 6.44. The summed E-state index contributed by atoms with van der Waals surface area (Å²) in [5.41, 5.74) is 0.698. The quantitative estimate of drug-likeness (QED) is 0.666. The van der Waals surface area contributed by atoms with Gasteiger partial charge >= 0.3 is 0 Å². The summed E-state index contributed by atoms with van der Waals surface area (Å²) in [6, 6.07) is 7.70. The molecule has 2 rings (SSSR count). The van der Waals surface area contributed by atoms with Crippen molar-refractivity contribution in [3.63, 3.8) is 0 Å². The number of amides is 1. The predicted octanol–water partition coefficient (Wildman–Crippen LogP) is 5.20. The SMILES string of the molecule is CCCSc1ccccc1C(=O)Nc1nnc(C(C)CCC)s1. The highest BCUT2D eigenvalue weighted by Crippen LogP contribution is 2.28. The lowest BCUT2D eigenvalue weighted by atomic mass is 10.1. The molecule has 0 fully saturated rings. The van der Waals surface area contributed by atoms with E-state index >= 15 is 0 Å². The summed E-state index contributed by atoms with van der Waals surface area (Å²) in [7, 11) is 0. The zero-order valence-corrected chi connectivity index (χ0v) is 15.5. The van der Waals surface area contributed by atoms with E-state index in [0.717, 1.165) is 34.9 Å². The summed E-state index contributed by atoms with van der Waals surface area (Å²) in [5.74, 6) is 1.27. The lowest BCUT2D eigenvalue weighted by Gasteiger charge is -2.07. The smallest absolute Gasteiger partial charge is 0.258 e. The van der Waals surface area contributed by atoms with Crippen molar-refractivity contribution in [3.8, 4) is 0 Å². The summed E-state index contributed by atoms with van der Waals surface area (Å²) in [4.78, 5) is 13.5. The number of hydrogen-bond donors (Lipinski definition) is 1. The van der Waals surface area contributed by atoms with Gasteiger partial charge in [-0.1, -0.05) is 50.7 Å². The number of carbonyl (C=O) groups is 1. The summed E-state index contributed by atoms with van der Waals surface area (Å²) in [6.07, 6.45) is 3.28. The largest absolute Gasteiger partial charge is 0.296 e. The zero-order valence-electron chi connectivity index (χ0n) is 13.8. The molecule has 6 heteroatoms. The van der Waals surface area contributed by atoms with Crippen LogP contribution in [0.15, 0.2) is 29.2 Å². The maximum absolute atomic E-state index is 12.5. The van der Waals surface area contributed by atoms with Gasteiger partial charge in [-0.3, -0.25) is 10.1 Å². The Balaban J connectivity index is 2.07. The Labute approximate surface area is 146 Å². The third kappa shape index (κ3) is 5.04. The highest BCUT2D eigenvalue weighted by Gasteiger charge is 2.16. The molecule has 0 aliphatic rings. The van der Waals surface area contributed by atoms with Gasteiger partial charge in [0.2, 0.25) is 5.13 Å². The van der Waals surface area contributed by atoms with Crippen molar-refractivity contribution in [2.75, 3.05) is 11.1 Å². The van der Waals surface area contributed by atoms with Crippen LogP contribution in [0.3, 0.4) is 0 Å². The highest BCUT2D eigenvalue weighted by molar-refractivity contribution is 7.99. The molecule has 0 saturated carbocycles. The molecule has 2 aromatic rings. The van der Waals surface area contributed by atoms with Crippen molar-refractivity contribution in [1.29, 1.82) is 0 Å². The average molecular weight is 350 g/mol. The van der Waals surface area contributed by atoms with Crippen molar-refractivity contribution in [2.45, 2.75) is 50.8 Å². The molecule has 0 aliphatic heterocycles. The van der Waals surface area contributed by atoms with Crippen LogP contribution in [-0.4, -0.2) is 21.9 Å². The number of rotatable bonds is 8. The number of carbonyl (C=O) groups excluding carboxylic acids is 1. The molecule has 1 heterocycles. The Morgan fingerprint density at radius 2 is 2.04 bits per heavy atom. The fourth-order valence-corrected chi connectivity index (χ4v) is 3.94. The monoisotopic (exact) mass is 349 g/mol. The zero-order chi connectivity index (χ0) is 16.7. The van der Waals surface area contributed by atoms with Gasteiger partial charge in [0.05, 0.1) is 5.56 Å². The van der Waals surface area contributed by atoms with Crippen LogP contribution in [-0.2, 0) is 0 Å². The second-order valence-electron chi connectivity index (χ2n) is 5.43. The molecule has 4 nitrogen and oxygen atoms in total. The molecule has 0 aliphatic carbocycles. The van der Waals surface area contributed by atoms with Crippen LogP contribution in [0, 0.1) is 0 Å². The van der Waals surface area contributed by atoms with Crippen molar-refractivity contribution >= 4 is 34.1 Å². The lowest BCUT2D eigenvalue weighted by Crippen LogP contribution is -2.12. The molecule has 1 N–H and O–H groups in total. The van der Waals surface area contributed by atoms with E-state index in [0.29, 0.717) is 16.6 Å². The van der Waals surface area contributed by atoms with E-state index in [4.69, 9.17) is 0 Å². The van der Waals surface area contributed by atoms with E-state index in [2.05, 4.69) is 36.3 Å². The Kier molecular flexibility index (Phi) is 7.05. The fourth-order valence-electron chi connectivity index (χ4n) is 2.20. The van der Waals surface area contributed by atoms with Crippen LogP contribution in [0.25, 0.3) is 0 Å². The van der Waals surface area contributed by atoms with Gasteiger partial charge < -0.3 is 0 Å². The molecule has 23 heavy (non-hydrogen) atoms. The van der Waals surface area contributed by atoms with Crippen molar-refractivity contribution in [3.05, 3.63) is 34.8 Å². The number of anilines is 1. The first-order chi connectivity index (χ1) is 11.2. The van der Waals surface area contributed by atoms with Crippen LogP contribution >= 0.6 is 23.1 Å². The van der Waals surface area contributed by atoms with Crippen LogP contribution < -0.4 is 5.32 Å². The summed E-state index contributed by atoms with van der Waals surface area (Å²) >= 11 is 3.18. The molecule has 1 atom stereocenters. The standard InChI is InChI=1S/C17H23N3OS2/c1-4-8-12(3)16-19-20-17(23-16)18-15(21)13-9-6-7-10-14(13)22-11-5-2/h6-7,9-10,12H,4-5,8,11H2,1-3H3,(H,18,20,21). The minimum Gasteiger partial charge on any atom is -0.296 e. The fraction of sp³-hybridized carbons (Fsp3) is 0.471. The van der Waals surface area contributed by atoms with E-state index in [1.807, 2.05) is 24.3 Å². The first kappa shape index (κ1) is 17.9. The molecule has 0 saturated heterocycles. The molecule has 0 spiro atoms. The molecule has 1 aromatic heterocycles. The highest BCUT2D eigenvalue weighted by atomic mass is 32.2. The third-order valence-electron chi connectivity index (χ3n) is 3.40. The van der Waals surface area contributed by atoms with Gasteiger partial charge in [0.25, 0.3) is 5.91 Å². The molecular weight excluding hydrogens is 326 g/mol. The van der Waals surface area contributed by atoms with Gasteiger partial charge in [-0.05, 0) is 30.7 Å². The Bertz CT molecular complexity index is 642. The molecule has 1 unspecified atom stereocenters. The van der Waals surface area contributed by atoms with Gasteiger partial charge in [-0.2, -0.15) is 0 Å². The van der Waals surface area contributed by atoms with Gasteiger partial charge in [0.1, 0.15) is 5.01 Å². The number of benzene rings is 1. The Morgan fingerprint density at radius 3 is 2.78 bits per heavy atom. The van der Waals surface area contributed by atoms with E-state index in [1.165, 1.54) is 11.3 Å². The normalized spacial score (nSPS) is 12.1. The predicted molar refractivity (Wildman–Crippen MR) is 98.6 cm³/mol. The minimum atomic E-state index is -0.116. The van der Waals surface area contributed by atoms with E-state index in [1.54, 1.807) is 11.8 Å². The first-order valence-electron chi connectivity index (χ1n) is 8.02. The molecular formula is C17H23N3OS2. The van der Waals surface area contributed by atoms with Crippen LogP contribution in [0.2, 0.25) is 0 Å². The number of thioether (sulfide) groups is 1. The molecule has 1 aromatic carbocycles. The third-order valence-corrected chi connectivity index (χ3v) is 5.75. The van der Waals surface area contributed by atoms with Crippen LogP contribution in [0.4, 0.5) is 5.13 Å².